The molecule has 2 aromatic heterocycles. The first-order valence-electron chi connectivity index (χ1n) is 15.8. The van der Waals surface area contributed by atoms with Crippen molar-refractivity contribution in [1.82, 2.24) is 30.5 Å². The van der Waals surface area contributed by atoms with Gasteiger partial charge in [0, 0.05) is 70.9 Å². The quantitative estimate of drug-likeness (QED) is 0.0501. The molecule has 15 nitrogen and oxygen atoms in total. The van der Waals surface area contributed by atoms with E-state index < -0.39 is 0 Å². The molecule has 0 saturated carbocycles. The monoisotopic (exact) mass is 648 g/mol. The molecule has 0 bridgehead atoms. The van der Waals surface area contributed by atoms with Gasteiger partial charge in [-0.2, -0.15) is 4.98 Å². The largest absolute Gasteiger partial charge is 0.424 e. The number of ether oxygens (including phenoxy) is 1. The third-order valence-corrected chi connectivity index (χ3v) is 7.06. The lowest BCUT2D eigenvalue weighted by atomic mass is 10.0. The average Bonchev–Trinajstić information content (AvgIpc) is 3.46. The average molecular weight is 649 g/mol. The van der Waals surface area contributed by atoms with Gasteiger partial charge in [-0.1, -0.05) is 6.92 Å². The number of hydrogen-bond acceptors (Lipinski definition) is 14. The van der Waals surface area contributed by atoms with Gasteiger partial charge in [0.05, 0.1) is 30.0 Å². The molecule has 254 valence electrons. The van der Waals surface area contributed by atoms with Crippen molar-refractivity contribution in [2.45, 2.75) is 26.2 Å². The van der Waals surface area contributed by atoms with Crippen LogP contribution in [0.3, 0.4) is 0 Å². The third kappa shape index (κ3) is 11.9. The zero-order valence-electron chi connectivity index (χ0n) is 27.6. The Bertz CT molecular complexity index is 1500. The second-order valence-electron chi connectivity index (χ2n) is 10.6. The number of carbonyl (C=O) groups excluding carboxylic acids is 1. The van der Waals surface area contributed by atoms with Gasteiger partial charge in [0.1, 0.15) is 23.5 Å². The number of nitrogen functional groups attached to an aromatic ring is 1. The molecule has 3 aromatic rings. The van der Waals surface area contributed by atoms with Crippen LogP contribution in [-0.2, 0) is 9.53 Å². The summed E-state index contributed by atoms with van der Waals surface area (Å²) in [5.41, 5.74) is 8.50. The number of likely N-dealkylation sites (N-methyl/N-ethyl adjacent to an activating group) is 1. The molecule has 15 heteroatoms. The summed E-state index contributed by atoms with van der Waals surface area (Å²) in [6.45, 7) is 12.0. The molecule has 0 radical (unpaired) electrons. The van der Waals surface area contributed by atoms with Gasteiger partial charge in [-0.25, -0.2) is 9.97 Å². The molecule has 1 aromatic carbocycles. The Morgan fingerprint density at radius 3 is 2.70 bits per heavy atom. The van der Waals surface area contributed by atoms with E-state index in [0.29, 0.717) is 72.1 Å². The van der Waals surface area contributed by atoms with Gasteiger partial charge >= 0.3 is 0 Å². The molecule has 0 spiro atoms. The van der Waals surface area contributed by atoms with Crippen molar-refractivity contribution < 1.29 is 13.9 Å². The fourth-order valence-corrected chi connectivity index (χ4v) is 4.61. The fraction of sp³-hybridized carbons (Fsp3) is 0.469. The molecule has 0 unspecified atom stereocenters. The van der Waals surface area contributed by atoms with Crippen LogP contribution in [0.2, 0.25) is 0 Å². The molecule has 2 heterocycles. The number of benzene rings is 1. The molecule has 7 N–H and O–H groups in total. The Morgan fingerprint density at radius 2 is 1.94 bits per heavy atom. The number of amides is 1. The lowest BCUT2D eigenvalue weighted by Gasteiger charge is -2.21. The van der Waals surface area contributed by atoms with Crippen molar-refractivity contribution >= 4 is 53.3 Å². The Labute approximate surface area is 276 Å². The van der Waals surface area contributed by atoms with Crippen LogP contribution in [0.4, 0.5) is 17.7 Å². The molecule has 47 heavy (non-hydrogen) atoms. The highest BCUT2D eigenvalue weighted by molar-refractivity contribution is 6.17. The number of oxazole rings is 1. The topological polar surface area (TPSA) is 204 Å². The highest BCUT2D eigenvalue weighted by atomic mass is 16.5. The fourth-order valence-electron chi connectivity index (χ4n) is 4.61. The maximum atomic E-state index is 12.8. The first-order valence-corrected chi connectivity index (χ1v) is 15.8. The highest BCUT2D eigenvalue weighted by Gasteiger charge is 2.18. The van der Waals surface area contributed by atoms with Crippen molar-refractivity contribution in [3.05, 3.63) is 47.4 Å². The van der Waals surface area contributed by atoms with E-state index in [2.05, 4.69) is 64.7 Å². The van der Waals surface area contributed by atoms with Crippen LogP contribution in [0.15, 0.2) is 50.7 Å². The van der Waals surface area contributed by atoms with E-state index in [1.807, 2.05) is 7.05 Å². The molecule has 0 atom stereocenters. The van der Waals surface area contributed by atoms with E-state index in [1.54, 1.807) is 31.5 Å². The van der Waals surface area contributed by atoms with Gasteiger partial charge in [-0.05, 0) is 51.2 Å². The van der Waals surface area contributed by atoms with Crippen LogP contribution in [0.1, 0.15) is 37.3 Å². The first kappa shape index (κ1) is 36.7. The summed E-state index contributed by atoms with van der Waals surface area (Å²) in [6, 6.07) is 5.32. The van der Waals surface area contributed by atoms with Crippen molar-refractivity contribution in [2.75, 3.05) is 89.5 Å². The second-order valence-corrected chi connectivity index (χ2v) is 10.6. The Balaban J connectivity index is 1.47. The molecular formula is C32H48N12O3. The standard InChI is InChI=1S/C32H48N12O3/c1-5-17-46-18-16-44(14-12-35-2)15-13-38-21-24(20-36-3)31(45)40-11-7-6-10-39-30-27(29(37-4)41-22-42-30)28(33)23-8-9-26-25(19-23)43-32(34)47-26/h8-9,19-22,33,35H,3,5-7,10-18H2,1-2,4H3,(H2,34,43)(H,40,45)(H2,37,39,41,42)/b24-20+,33-28?,38-21-. The van der Waals surface area contributed by atoms with Gasteiger partial charge in [0.15, 0.2) is 5.58 Å². The summed E-state index contributed by atoms with van der Waals surface area (Å²) in [7, 11) is 3.67. The van der Waals surface area contributed by atoms with Gasteiger partial charge in [0.2, 0.25) is 0 Å². The van der Waals surface area contributed by atoms with Gasteiger partial charge in [0.25, 0.3) is 11.9 Å². The smallest absolute Gasteiger partial charge is 0.292 e. The number of aliphatic imine (C=N–C) groups is 2. The maximum absolute atomic E-state index is 12.8. The van der Waals surface area contributed by atoms with E-state index in [-0.39, 0.29) is 17.6 Å². The summed E-state index contributed by atoms with van der Waals surface area (Å²) in [5, 5.41) is 21.4. The van der Waals surface area contributed by atoms with E-state index in [9.17, 15) is 4.79 Å². The minimum absolute atomic E-state index is 0.0707. The number of unbranched alkanes of at least 4 members (excludes halogenated alkanes) is 1. The summed E-state index contributed by atoms with van der Waals surface area (Å²) in [5.74, 6) is 0.780. The molecular weight excluding hydrogens is 600 g/mol. The number of carbonyl (C=O) groups is 1. The predicted molar refractivity (Wildman–Crippen MR) is 189 cm³/mol. The SMILES string of the molecule is C=N/C=C(\C=N/CCN(CCNC)CCOCCC)C(=O)NCCCCNc1ncnc(NC)c1C(=N)c1ccc2oc(N)nc2c1. The van der Waals surface area contributed by atoms with E-state index in [1.165, 1.54) is 12.5 Å². The zero-order chi connectivity index (χ0) is 33.9. The van der Waals surface area contributed by atoms with Crippen LogP contribution in [0.25, 0.3) is 11.1 Å². The van der Waals surface area contributed by atoms with Crippen LogP contribution in [0.5, 0.6) is 0 Å². The second kappa shape index (κ2) is 20.4. The molecule has 0 saturated heterocycles. The van der Waals surface area contributed by atoms with Crippen LogP contribution >= 0.6 is 0 Å². The maximum Gasteiger partial charge on any atom is 0.292 e. The van der Waals surface area contributed by atoms with Crippen LogP contribution in [0, 0.1) is 5.41 Å². The lowest BCUT2D eigenvalue weighted by Crippen LogP contribution is -2.35. The number of nitrogens with one attached hydrogen (secondary N) is 5. The Morgan fingerprint density at radius 1 is 1.13 bits per heavy atom. The number of nitrogens with two attached hydrogens (primary N) is 1. The third-order valence-electron chi connectivity index (χ3n) is 7.06. The predicted octanol–water partition coefficient (Wildman–Crippen LogP) is 2.57. The first-order chi connectivity index (χ1) is 22.9. The number of rotatable bonds is 23. The highest BCUT2D eigenvalue weighted by Crippen LogP contribution is 2.26. The van der Waals surface area contributed by atoms with Crippen molar-refractivity contribution in [3.63, 3.8) is 0 Å². The number of fused-ring (bicyclic) bond motifs is 1. The van der Waals surface area contributed by atoms with Gasteiger partial charge < -0.3 is 36.2 Å². The summed E-state index contributed by atoms with van der Waals surface area (Å²) >= 11 is 0. The number of nitrogens with zero attached hydrogens (tertiary/aromatic N) is 6. The minimum Gasteiger partial charge on any atom is -0.424 e. The number of anilines is 3. The van der Waals surface area contributed by atoms with Crippen molar-refractivity contribution in [2.24, 2.45) is 9.98 Å². The van der Waals surface area contributed by atoms with E-state index >= 15 is 0 Å². The minimum atomic E-state index is -0.259. The molecule has 3 rings (SSSR count). The van der Waals surface area contributed by atoms with Crippen LogP contribution in [-0.4, -0.2) is 118 Å². The van der Waals surface area contributed by atoms with Crippen molar-refractivity contribution in [3.8, 4) is 0 Å². The Hall–Kier alpha value is -4.73. The number of hydrogen-bond donors (Lipinski definition) is 6. The molecule has 0 aliphatic rings. The molecule has 0 aliphatic carbocycles. The van der Waals surface area contributed by atoms with Crippen LogP contribution < -0.4 is 27.0 Å². The lowest BCUT2D eigenvalue weighted by molar-refractivity contribution is -0.117. The van der Waals surface area contributed by atoms with Gasteiger partial charge in [-0.3, -0.25) is 25.1 Å². The summed E-state index contributed by atoms with van der Waals surface area (Å²) in [6.07, 6.45) is 6.87. The van der Waals surface area contributed by atoms with E-state index in [4.69, 9.17) is 20.3 Å². The molecule has 0 aliphatic heterocycles. The van der Waals surface area contributed by atoms with Crippen molar-refractivity contribution in [1.29, 1.82) is 5.41 Å². The number of aromatic nitrogens is 3. The molecule has 0 fully saturated rings. The summed E-state index contributed by atoms with van der Waals surface area (Å²) in [4.78, 5) is 36.2. The molecule has 1 amide bonds. The zero-order valence-corrected chi connectivity index (χ0v) is 27.6. The summed E-state index contributed by atoms with van der Waals surface area (Å²) < 4.78 is 11.0. The Kier molecular flexibility index (Phi) is 15.9. The normalized spacial score (nSPS) is 11.8. The van der Waals surface area contributed by atoms with E-state index in [0.717, 1.165) is 45.6 Å². The van der Waals surface area contributed by atoms with Gasteiger partial charge in [-0.15, -0.1) is 0 Å².